The lowest BCUT2D eigenvalue weighted by Crippen LogP contribution is -2.17. The Morgan fingerprint density at radius 2 is 1.84 bits per heavy atom. The van der Waals surface area contributed by atoms with Crippen molar-refractivity contribution in [1.82, 2.24) is 0 Å². The quantitative estimate of drug-likeness (QED) is 0.924. The molecule has 1 N–H and O–H groups in total. The molecule has 2 nitrogen and oxygen atoms in total. The van der Waals surface area contributed by atoms with E-state index in [0.717, 1.165) is 4.88 Å². The van der Waals surface area contributed by atoms with Crippen molar-refractivity contribution in [2.45, 2.75) is 18.9 Å². The fraction of sp³-hybridized carbons (Fsp3) is 0.231. The number of halogens is 3. The van der Waals surface area contributed by atoms with Crippen molar-refractivity contribution in [1.29, 1.82) is 0 Å². The van der Waals surface area contributed by atoms with E-state index >= 15 is 0 Å². The first kappa shape index (κ1) is 13.9. The van der Waals surface area contributed by atoms with Gasteiger partial charge < -0.3 is 9.84 Å². The topological polar surface area (TPSA) is 29.5 Å². The van der Waals surface area contributed by atoms with Crippen molar-refractivity contribution in [3.63, 3.8) is 0 Å². The average Bonchev–Trinajstić information content (AvgIpc) is 2.80. The summed E-state index contributed by atoms with van der Waals surface area (Å²) in [6.45, 7) is 0. The molecule has 6 heteroatoms. The zero-order valence-corrected chi connectivity index (χ0v) is 10.5. The molecule has 0 saturated heterocycles. The second-order valence-electron chi connectivity index (χ2n) is 3.92. The molecule has 0 bridgehead atoms. The predicted octanol–water partition coefficient (Wildman–Crippen LogP) is 3.92. The van der Waals surface area contributed by atoms with Crippen LogP contribution in [0.4, 0.5) is 13.2 Å². The molecule has 2 aromatic rings. The molecule has 102 valence electrons. The molecular formula is C13H11F3O2S. The minimum Gasteiger partial charge on any atom is -0.406 e. The molecule has 1 aromatic heterocycles. The van der Waals surface area contributed by atoms with E-state index in [2.05, 4.69) is 4.74 Å². The summed E-state index contributed by atoms with van der Waals surface area (Å²) in [7, 11) is 0. The highest BCUT2D eigenvalue weighted by Gasteiger charge is 2.31. The first-order valence-electron chi connectivity index (χ1n) is 5.50. The Hall–Kier alpha value is -1.53. The average molecular weight is 288 g/mol. The Morgan fingerprint density at radius 3 is 2.37 bits per heavy atom. The summed E-state index contributed by atoms with van der Waals surface area (Å²) in [5, 5.41) is 11.9. The lowest BCUT2D eigenvalue weighted by atomic mass is 10.1. The van der Waals surface area contributed by atoms with Gasteiger partial charge in [-0.25, -0.2) is 0 Å². The van der Waals surface area contributed by atoms with Gasteiger partial charge in [0.05, 0.1) is 6.10 Å². The Balaban J connectivity index is 2.01. The van der Waals surface area contributed by atoms with Gasteiger partial charge in [-0.1, -0.05) is 18.2 Å². The second-order valence-corrected chi connectivity index (χ2v) is 4.95. The van der Waals surface area contributed by atoms with Crippen molar-refractivity contribution < 1.29 is 23.0 Å². The first-order chi connectivity index (χ1) is 8.94. The van der Waals surface area contributed by atoms with E-state index in [4.69, 9.17) is 0 Å². The monoisotopic (exact) mass is 288 g/mol. The van der Waals surface area contributed by atoms with Crippen LogP contribution in [0.15, 0.2) is 41.8 Å². The molecule has 0 fully saturated rings. The van der Waals surface area contributed by atoms with E-state index in [1.54, 1.807) is 0 Å². The Kier molecular flexibility index (Phi) is 4.11. The maximum absolute atomic E-state index is 12.0. The van der Waals surface area contributed by atoms with E-state index in [0.29, 0.717) is 12.0 Å². The minimum absolute atomic E-state index is 0.292. The number of thiophene rings is 1. The Bertz CT molecular complexity index is 506. The van der Waals surface area contributed by atoms with Crippen LogP contribution >= 0.6 is 11.3 Å². The van der Waals surface area contributed by atoms with Gasteiger partial charge in [0.15, 0.2) is 0 Å². The molecular weight excluding hydrogens is 277 g/mol. The zero-order valence-electron chi connectivity index (χ0n) is 9.72. The molecule has 1 aromatic carbocycles. The van der Waals surface area contributed by atoms with Crippen LogP contribution in [0.1, 0.15) is 16.5 Å². The normalized spacial score (nSPS) is 13.3. The molecule has 0 spiro atoms. The summed E-state index contributed by atoms with van der Waals surface area (Å²) in [6.07, 6.45) is -4.99. The van der Waals surface area contributed by atoms with Gasteiger partial charge in [-0.05, 0) is 29.1 Å². The number of aliphatic hydroxyl groups excluding tert-OH is 1. The third-order valence-electron chi connectivity index (χ3n) is 2.47. The molecule has 2 rings (SSSR count). The van der Waals surface area contributed by atoms with Gasteiger partial charge >= 0.3 is 6.36 Å². The van der Waals surface area contributed by atoms with Crippen LogP contribution in [0.2, 0.25) is 0 Å². The fourth-order valence-corrected chi connectivity index (χ4v) is 2.37. The number of rotatable bonds is 4. The van der Waals surface area contributed by atoms with E-state index in [-0.39, 0.29) is 5.75 Å². The van der Waals surface area contributed by atoms with Gasteiger partial charge in [0, 0.05) is 11.3 Å². The maximum Gasteiger partial charge on any atom is 0.573 e. The lowest BCUT2D eigenvalue weighted by molar-refractivity contribution is -0.274. The number of ether oxygens (including phenoxy) is 1. The highest BCUT2D eigenvalue weighted by Crippen LogP contribution is 2.26. The smallest absolute Gasteiger partial charge is 0.406 e. The molecule has 1 heterocycles. The number of hydrogen-bond acceptors (Lipinski definition) is 3. The third kappa shape index (κ3) is 4.25. The van der Waals surface area contributed by atoms with Crippen LogP contribution in [0, 0.1) is 0 Å². The molecule has 1 unspecified atom stereocenters. The number of hydrogen-bond donors (Lipinski definition) is 1. The van der Waals surface area contributed by atoms with Crippen LogP contribution in [0.25, 0.3) is 0 Å². The first-order valence-corrected chi connectivity index (χ1v) is 6.38. The van der Waals surface area contributed by atoms with Gasteiger partial charge in [-0.2, -0.15) is 0 Å². The summed E-state index contributed by atoms with van der Waals surface area (Å²) in [5.74, 6) is -0.292. The summed E-state index contributed by atoms with van der Waals surface area (Å²) >= 11 is 1.52. The summed E-state index contributed by atoms with van der Waals surface area (Å²) in [6, 6.07) is 9.03. The zero-order chi connectivity index (χ0) is 13.9. The van der Waals surface area contributed by atoms with Gasteiger partial charge in [-0.3, -0.25) is 0 Å². The van der Waals surface area contributed by atoms with Gasteiger partial charge in [0.2, 0.25) is 0 Å². The Labute approximate surface area is 112 Å². The molecule has 1 atom stereocenters. The molecule has 0 radical (unpaired) electrons. The number of aliphatic hydroxyl groups is 1. The van der Waals surface area contributed by atoms with E-state index < -0.39 is 12.5 Å². The lowest BCUT2D eigenvalue weighted by Gasteiger charge is -2.12. The number of alkyl halides is 3. The third-order valence-corrected chi connectivity index (χ3v) is 3.37. The predicted molar refractivity (Wildman–Crippen MR) is 66.1 cm³/mol. The highest BCUT2D eigenvalue weighted by molar-refractivity contribution is 7.09. The van der Waals surface area contributed by atoms with Gasteiger partial charge in [0.1, 0.15) is 5.75 Å². The molecule has 0 aliphatic carbocycles. The van der Waals surface area contributed by atoms with Crippen molar-refractivity contribution >= 4 is 11.3 Å². The highest BCUT2D eigenvalue weighted by atomic mass is 32.1. The standard InChI is InChI=1S/C13H11F3O2S/c14-13(15,16)18-10-5-3-9(4-6-10)12(17)8-11-2-1-7-19-11/h1-7,12,17H,8H2. The van der Waals surface area contributed by atoms with Gasteiger partial charge in [0.25, 0.3) is 0 Å². The number of benzene rings is 1. The summed E-state index contributed by atoms with van der Waals surface area (Å²) in [4.78, 5) is 1.02. The summed E-state index contributed by atoms with van der Waals surface area (Å²) < 4.78 is 39.7. The van der Waals surface area contributed by atoms with Crippen molar-refractivity contribution in [2.24, 2.45) is 0 Å². The molecule has 0 aliphatic rings. The van der Waals surface area contributed by atoms with E-state index in [1.807, 2.05) is 17.5 Å². The largest absolute Gasteiger partial charge is 0.573 e. The van der Waals surface area contributed by atoms with Crippen LogP contribution in [0.5, 0.6) is 5.75 Å². The minimum atomic E-state index is -4.70. The van der Waals surface area contributed by atoms with Crippen LogP contribution < -0.4 is 4.74 Å². The molecule has 19 heavy (non-hydrogen) atoms. The summed E-state index contributed by atoms with van der Waals surface area (Å²) in [5.41, 5.74) is 0.558. The van der Waals surface area contributed by atoms with Crippen LogP contribution in [0.3, 0.4) is 0 Å². The second kappa shape index (κ2) is 5.63. The van der Waals surface area contributed by atoms with Crippen LogP contribution in [-0.2, 0) is 6.42 Å². The fourth-order valence-electron chi connectivity index (χ4n) is 1.63. The van der Waals surface area contributed by atoms with Crippen molar-refractivity contribution in [3.8, 4) is 5.75 Å². The van der Waals surface area contributed by atoms with Crippen molar-refractivity contribution in [2.75, 3.05) is 0 Å². The Morgan fingerprint density at radius 1 is 1.16 bits per heavy atom. The van der Waals surface area contributed by atoms with Gasteiger partial charge in [-0.15, -0.1) is 24.5 Å². The van der Waals surface area contributed by atoms with Crippen molar-refractivity contribution in [3.05, 3.63) is 52.2 Å². The van der Waals surface area contributed by atoms with E-state index in [1.165, 1.54) is 35.6 Å². The molecule has 0 aliphatic heterocycles. The molecule has 0 amide bonds. The maximum atomic E-state index is 12.0. The van der Waals surface area contributed by atoms with Crippen LogP contribution in [-0.4, -0.2) is 11.5 Å². The SMILES string of the molecule is OC(Cc1cccs1)c1ccc(OC(F)(F)F)cc1. The van der Waals surface area contributed by atoms with E-state index in [9.17, 15) is 18.3 Å². The molecule has 0 saturated carbocycles.